The monoisotopic (exact) mass is 264 g/mol. The lowest BCUT2D eigenvalue weighted by Gasteiger charge is -2.04. The van der Waals surface area contributed by atoms with Crippen LogP contribution in [0.15, 0.2) is 23.6 Å². The summed E-state index contributed by atoms with van der Waals surface area (Å²) in [5.74, 6) is 0. The Morgan fingerprint density at radius 1 is 1.21 bits per heavy atom. The largest absolute Gasteiger partial charge is 0.383 e. The Kier molecular flexibility index (Phi) is 3.14. The summed E-state index contributed by atoms with van der Waals surface area (Å²) in [4.78, 5) is 0.837. The molecule has 0 radical (unpaired) electrons. The van der Waals surface area contributed by atoms with Gasteiger partial charge in [-0.1, -0.05) is 23.2 Å². The van der Waals surface area contributed by atoms with E-state index in [-0.39, 0.29) is 0 Å². The zero-order chi connectivity index (χ0) is 10.1. The number of rotatable bonds is 2. The lowest BCUT2D eigenvalue weighted by Crippen LogP contribution is -1.93. The molecule has 0 amide bonds. The molecule has 0 bridgehead atoms. The minimum absolute atomic E-state index is 0.615. The quantitative estimate of drug-likeness (QED) is 0.862. The Bertz CT molecular complexity index is 395. The smallest absolute Gasteiger partial charge is 0.114 e. The third-order valence-electron chi connectivity index (χ3n) is 1.77. The van der Waals surface area contributed by atoms with Crippen molar-refractivity contribution in [3.63, 3.8) is 0 Å². The van der Waals surface area contributed by atoms with Crippen LogP contribution >= 0.6 is 45.9 Å². The van der Waals surface area contributed by atoms with E-state index in [0.29, 0.717) is 8.67 Å². The second-order valence-corrected chi connectivity index (χ2v) is 6.02. The third-order valence-corrected chi connectivity index (χ3v) is 4.16. The normalized spacial score (nSPS) is 13.1. The zero-order valence-corrected chi connectivity index (χ0v) is 10.1. The highest BCUT2D eigenvalue weighted by Gasteiger charge is 2.13. The van der Waals surface area contributed by atoms with Gasteiger partial charge in [0.2, 0.25) is 0 Å². The van der Waals surface area contributed by atoms with Gasteiger partial charge in [-0.25, -0.2) is 0 Å². The fourth-order valence-electron chi connectivity index (χ4n) is 1.11. The molecule has 14 heavy (non-hydrogen) atoms. The molecule has 1 atom stereocenters. The molecular weight excluding hydrogens is 259 g/mol. The van der Waals surface area contributed by atoms with Gasteiger partial charge in [-0.3, -0.25) is 0 Å². The van der Waals surface area contributed by atoms with E-state index >= 15 is 0 Å². The number of aliphatic hydroxyl groups is 1. The maximum absolute atomic E-state index is 9.92. The first-order valence-corrected chi connectivity index (χ1v) is 6.29. The van der Waals surface area contributed by atoms with Crippen molar-refractivity contribution in [2.75, 3.05) is 0 Å². The van der Waals surface area contributed by atoms with Gasteiger partial charge in [0.05, 0.1) is 8.67 Å². The van der Waals surface area contributed by atoms with Crippen molar-refractivity contribution in [1.29, 1.82) is 0 Å². The van der Waals surface area contributed by atoms with E-state index < -0.39 is 6.10 Å². The molecule has 0 fully saturated rings. The lowest BCUT2D eigenvalue weighted by atomic mass is 10.2. The van der Waals surface area contributed by atoms with E-state index in [1.165, 1.54) is 22.7 Å². The maximum atomic E-state index is 9.92. The van der Waals surface area contributed by atoms with E-state index in [1.54, 1.807) is 12.1 Å². The van der Waals surface area contributed by atoms with Crippen LogP contribution in [-0.2, 0) is 0 Å². The predicted octanol–water partition coefficient (Wildman–Crippen LogP) is 4.20. The molecule has 1 nitrogen and oxygen atoms in total. The summed E-state index contributed by atoms with van der Waals surface area (Å²) in [5.41, 5.74) is 0.818. The van der Waals surface area contributed by atoms with Gasteiger partial charge in [-0.2, -0.15) is 0 Å². The van der Waals surface area contributed by atoms with Gasteiger partial charge in [0.1, 0.15) is 6.10 Å². The number of thiophene rings is 2. The fourth-order valence-corrected chi connectivity index (χ4v) is 3.09. The molecule has 0 aliphatic heterocycles. The highest BCUT2D eigenvalue weighted by atomic mass is 35.5. The van der Waals surface area contributed by atoms with E-state index in [2.05, 4.69) is 0 Å². The van der Waals surface area contributed by atoms with Crippen molar-refractivity contribution in [3.05, 3.63) is 42.7 Å². The van der Waals surface area contributed by atoms with Gasteiger partial charge in [0.15, 0.2) is 0 Å². The van der Waals surface area contributed by atoms with Crippen LogP contribution in [0.5, 0.6) is 0 Å². The summed E-state index contributed by atoms with van der Waals surface area (Å²) in [6.07, 6.45) is -0.615. The van der Waals surface area contributed by atoms with Gasteiger partial charge in [-0.15, -0.1) is 22.7 Å². The summed E-state index contributed by atoms with van der Waals surface area (Å²) in [5, 5.41) is 11.8. The first kappa shape index (κ1) is 10.5. The minimum atomic E-state index is -0.615. The van der Waals surface area contributed by atoms with Crippen LogP contribution < -0.4 is 0 Å². The third kappa shape index (κ3) is 2.12. The summed E-state index contributed by atoms with van der Waals surface area (Å²) in [6, 6.07) is 5.37. The van der Waals surface area contributed by atoms with Gasteiger partial charge >= 0.3 is 0 Å². The first-order valence-electron chi connectivity index (χ1n) is 3.84. The van der Waals surface area contributed by atoms with E-state index in [9.17, 15) is 5.11 Å². The Hall–Kier alpha value is -0.0600. The molecule has 2 rings (SSSR count). The molecule has 2 aromatic heterocycles. The lowest BCUT2D eigenvalue weighted by molar-refractivity contribution is 0.224. The van der Waals surface area contributed by atoms with Gasteiger partial charge in [-0.05, 0) is 29.1 Å². The summed E-state index contributed by atoms with van der Waals surface area (Å²) >= 11 is 14.4. The Balaban J connectivity index is 2.28. The van der Waals surface area contributed by atoms with Crippen molar-refractivity contribution in [1.82, 2.24) is 0 Å². The molecule has 2 heterocycles. The molecule has 0 aliphatic carbocycles. The highest BCUT2D eigenvalue weighted by molar-refractivity contribution is 7.16. The van der Waals surface area contributed by atoms with Crippen molar-refractivity contribution < 1.29 is 5.11 Å². The maximum Gasteiger partial charge on any atom is 0.114 e. The summed E-state index contributed by atoms with van der Waals surface area (Å²) in [7, 11) is 0. The average Bonchev–Trinajstić information content (AvgIpc) is 2.73. The molecule has 2 aromatic rings. The number of halogens is 2. The Labute approximate surface area is 99.5 Å². The van der Waals surface area contributed by atoms with Crippen molar-refractivity contribution >= 4 is 45.9 Å². The predicted molar refractivity (Wildman–Crippen MR) is 62.7 cm³/mol. The van der Waals surface area contributed by atoms with Crippen LogP contribution in [0, 0.1) is 0 Å². The second-order valence-electron chi connectivity index (χ2n) is 2.73. The van der Waals surface area contributed by atoms with E-state index in [4.69, 9.17) is 23.2 Å². The van der Waals surface area contributed by atoms with Crippen molar-refractivity contribution in [3.8, 4) is 0 Å². The SMILES string of the molecule is OC(c1csc(Cl)c1)c1ccc(Cl)s1. The van der Waals surface area contributed by atoms with E-state index in [0.717, 1.165) is 10.4 Å². The zero-order valence-electron chi connectivity index (χ0n) is 6.91. The molecule has 0 spiro atoms. The van der Waals surface area contributed by atoms with Gasteiger partial charge in [0.25, 0.3) is 0 Å². The van der Waals surface area contributed by atoms with Crippen LogP contribution in [0.4, 0.5) is 0 Å². The standard InChI is InChI=1S/C9H6Cl2OS2/c10-7-2-1-6(14-7)9(12)5-3-8(11)13-4-5/h1-4,9,12H. The first-order chi connectivity index (χ1) is 6.66. The highest BCUT2D eigenvalue weighted by Crippen LogP contribution is 2.33. The minimum Gasteiger partial charge on any atom is -0.383 e. The molecule has 0 aromatic carbocycles. The molecule has 1 N–H and O–H groups in total. The van der Waals surface area contributed by atoms with Crippen molar-refractivity contribution in [2.45, 2.75) is 6.10 Å². The topological polar surface area (TPSA) is 20.2 Å². The summed E-state index contributed by atoms with van der Waals surface area (Å²) in [6.45, 7) is 0. The van der Waals surface area contributed by atoms with Gasteiger partial charge in [0, 0.05) is 4.88 Å². The molecule has 0 aliphatic rings. The molecule has 5 heteroatoms. The Morgan fingerprint density at radius 3 is 2.50 bits per heavy atom. The Morgan fingerprint density at radius 2 is 2.00 bits per heavy atom. The van der Waals surface area contributed by atoms with Crippen LogP contribution in [0.25, 0.3) is 0 Å². The number of aliphatic hydroxyl groups excluding tert-OH is 1. The van der Waals surface area contributed by atoms with Crippen molar-refractivity contribution in [2.24, 2.45) is 0 Å². The summed E-state index contributed by atoms with van der Waals surface area (Å²) < 4.78 is 1.36. The molecule has 0 saturated heterocycles. The van der Waals surface area contributed by atoms with E-state index in [1.807, 2.05) is 11.4 Å². The molecule has 0 saturated carbocycles. The number of hydrogen-bond donors (Lipinski definition) is 1. The van der Waals surface area contributed by atoms with Crippen LogP contribution in [0.2, 0.25) is 8.67 Å². The average molecular weight is 265 g/mol. The number of hydrogen-bond acceptors (Lipinski definition) is 3. The van der Waals surface area contributed by atoms with Crippen LogP contribution in [0.3, 0.4) is 0 Å². The van der Waals surface area contributed by atoms with Gasteiger partial charge < -0.3 is 5.11 Å². The molecule has 1 unspecified atom stereocenters. The fraction of sp³-hybridized carbons (Fsp3) is 0.111. The van der Waals surface area contributed by atoms with Crippen LogP contribution in [0.1, 0.15) is 16.5 Å². The molecule has 74 valence electrons. The molecular formula is C9H6Cl2OS2. The van der Waals surface area contributed by atoms with Crippen LogP contribution in [-0.4, -0.2) is 5.11 Å². The second kappa shape index (κ2) is 4.21.